The summed E-state index contributed by atoms with van der Waals surface area (Å²) in [7, 11) is 1.60. The Labute approximate surface area is 160 Å². The molecule has 3 aromatic carbocycles. The van der Waals surface area contributed by atoms with Crippen molar-refractivity contribution in [3.63, 3.8) is 0 Å². The number of ketones is 1. The van der Waals surface area contributed by atoms with Gasteiger partial charge in [-0.2, -0.15) is 0 Å². The number of rotatable bonds is 6. The lowest BCUT2D eigenvalue weighted by atomic mass is 9.85. The third-order valence-electron chi connectivity index (χ3n) is 4.36. The first-order chi connectivity index (χ1) is 12.6. The van der Waals surface area contributed by atoms with Gasteiger partial charge in [0, 0.05) is 22.4 Å². The van der Waals surface area contributed by atoms with Gasteiger partial charge in [-0.15, -0.1) is 0 Å². The van der Waals surface area contributed by atoms with Crippen molar-refractivity contribution in [1.29, 1.82) is 0 Å². The first-order valence-electron chi connectivity index (χ1n) is 8.26. The summed E-state index contributed by atoms with van der Waals surface area (Å²) in [6.07, 6.45) is 0.176. The van der Waals surface area contributed by atoms with Crippen LogP contribution in [0.4, 0.5) is 4.39 Å². The molecular weight excluding hydrogens is 395 g/mol. The van der Waals surface area contributed by atoms with Gasteiger partial charge in [0.1, 0.15) is 11.6 Å². The Bertz CT molecular complexity index is 906. The summed E-state index contributed by atoms with van der Waals surface area (Å²) in [6, 6.07) is 21.3. The molecule has 0 aromatic heterocycles. The summed E-state index contributed by atoms with van der Waals surface area (Å²) in [4.78, 5) is 12.9. The summed E-state index contributed by atoms with van der Waals surface area (Å²) in [5.74, 6) is -0.00494. The predicted molar refractivity (Wildman–Crippen MR) is 104 cm³/mol. The number of hydrogen-bond acceptors (Lipinski definition) is 2. The molecule has 0 bridgehead atoms. The summed E-state index contributed by atoms with van der Waals surface area (Å²) < 4.78 is 20.4. The van der Waals surface area contributed by atoms with Gasteiger partial charge in [0.25, 0.3) is 0 Å². The molecule has 0 saturated heterocycles. The van der Waals surface area contributed by atoms with E-state index in [2.05, 4.69) is 15.9 Å². The lowest BCUT2D eigenvalue weighted by molar-refractivity contribution is 0.0976. The number of Topliss-reactive ketones (excluding diaryl/α,β-unsaturated/α-hetero) is 1. The van der Waals surface area contributed by atoms with Crippen LogP contribution in [0.2, 0.25) is 0 Å². The van der Waals surface area contributed by atoms with E-state index in [1.807, 2.05) is 42.5 Å². The Morgan fingerprint density at radius 3 is 2.31 bits per heavy atom. The van der Waals surface area contributed by atoms with E-state index >= 15 is 0 Å². The molecule has 0 amide bonds. The van der Waals surface area contributed by atoms with Crippen LogP contribution in [0.5, 0.6) is 5.75 Å². The van der Waals surface area contributed by atoms with Gasteiger partial charge in [-0.3, -0.25) is 4.79 Å². The van der Waals surface area contributed by atoms with Crippen molar-refractivity contribution < 1.29 is 13.9 Å². The van der Waals surface area contributed by atoms with Crippen molar-refractivity contribution in [3.8, 4) is 5.75 Å². The maximum atomic E-state index is 14.5. The van der Waals surface area contributed by atoms with Crippen molar-refractivity contribution >= 4 is 21.7 Å². The smallest absolute Gasteiger partial charge is 0.164 e. The van der Waals surface area contributed by atoms with E-state index in [4.69, 9.17) is 4.74 Å². The number of benzene rings is 3. The number of carbonyl (C=O) groups excluding carboxylic acids is 1. The van der Waals surface area contributed by atoms with Crippen molar-refractivity contribution in [3.05, 3.63) is 99.8 Å². The quantitative estimate of drug-likeness (QED) is 0.463. The Morgan fingerprint density at radius 2 is 1.65 bits per heavy atom. The van der Waals surface area contributed by atoms with E-state index in [1.165, 1.54) is 6.07 Å². The zero-order chi connectivity index (χ0) is 18.5. The van der Waals surface area contributed by atoms with E-state index < -0.39 is 0 Å². The third kappa shape index (κ3) is 4.02. The molecule has 0 saturated carbocycles. The lowest BCUT2D eigenvalue weighted by Crippen LogP contribution is -2.11. The number of hydrogen-bond donors (Lipinski definition) is 0. The van der Waals surface area contributed by atoms with Gasteiger partial charge >= 0.3 is 0 Å². The molecule has 4 heteroatoms. The molecule has 3 aromatic rings. The molecular formula is C22H18BrFO2. The molecule has 1 atom stereocenters. The Balaban J connectivity index is 1.99. The SMILES string of the molecule is COc1ccc(C(CC(=O)c2ccccc2Br)c2ccccc2F)cc1. The van der Waals surface area contributed by atoms with Gasteiger partial charge in [-0.05, 0) is 35.4 Å². The average Bonchev–Trinajstić information content (AvgIpc) is 2.67. The van der Waals surface area contributed by atoms with Crippen LogP contribution in [0.3, 0.4) is 0 Å². The third-order valence-corrected chi connectivity index (χ3v) is 5.05. The van der Waals surface area contributed by atoms with Crippen LogP contribution in [0.25, 0.3) is 0 Å². The maximum absolute atomic E-state index is 14.5. The summed E-state index contributed by atoms with van der Waals surface area (Å²) in [5, 5.41) is 0. The number of methoxy groups -OCH3 is 1. The molecule has 132 valence electrons. The highest BCUT2D eigenvalue weighted by molar-refractivity contribution is 9.10. The standard InChI is InChI=1S/C22H18BrFO2/c1-26-16-12-10-15(11-13-16)19(17-6-3-5-9-21(17)24)14-22(25)18-7-2-4-8-20(18)23/h2-13,19H,14H2,1H3. The topological polar surface area (TPSA) is 26.3 Å². The van der Waals surface area contributed by atoms with Crippen molar-refractivity contribution in [2.24, 2.45) is 0 Å². The van der Waals surface area contributed by atoms with Crippen LogP contribution in [0, 0.1) is 5.82 Å². The van der Waals surface area contributed by atoms with E-state index in [0.29, 0.717) is 11.1 Å². The molecule has 1 unspecified atom stereocenters. The minimum absolute atomic E-state index is 0.0402. The maximum Gasteiger partial charge on any atom is 0.164 e. The largest absolute Gasteiger partial charge is 0.497 e. The van der Waals surface area contributed by atoms with E-state index in [1.54, 1.807) is 31.4 Å². The fraction of sp³-hybridized carbons (Fsp3) is 0.136. The molecule has 0 radical (unpaired) electrons. The molecule has 0 aliphatic carbocycles. The average molecular weight is 413 g/mol. The highest BCUT2D eigenvalue weighted by Crippen LogP contribution is 2.33. The first kappa shape index (κ1) is 18.3. The van der Waals surface area contributed by atoms with Crippen LogP contribution in [0.15, 0.2) is 77.3 Å². The Hall–Kier alpha value is -2.46. The van der Waals surface area contributed by atoms with Crippen LogP contribution in [0.1, 0.15) is 33.8 Å². The number of ether oxygens (including phenoxy) is 1. The second-order valence-electron chi connectivity index (χ2n) is 5.95. The van der Waals surface area contributed by atoms with Crippen LogP contribution >= 0.6 is 15.9 Å². The first-order valence-corrected chi connectivity index (χ1v) is 9.05. The molecule has 0 spiro atoms. The fourth-order valence-electron chi connectivity index (χ4n) is 2.98. The van der Waals surface area contributed by atoms with Crippen molar-refractivity contribution in [2.75, 3.05) is 7.11 Å². The molecule has 0 aliphatic heterocycles. The Morgan fingerprint density at radius 1 is 1.00 bits per heavy atom. The van der Waals surface area contributed by atoms with E-state index in [-0.39, 0.29) is 23.9 Å². The Kier molecular flexibility index (Phi) is 5.84. The van der Waals surface area contributed by atoms with Gasteiger partial charge in [-0.1, -0.05) is 64.5 Å². The van der Waals surface area contributed by atoms with Gasteiger partial charge in [-0.25, -0.2) is 4.39 Å². The highest BCUT2D eigenvalue weighted by atomic mass is 79.9. The molecule has 0 fully saturated rings. The number of halogens is 2. The van der Waals surface area contributed by atoms with Gasteiger partial charge in [0.2, 0.25) is 0 Å². The van der Waals surface area contributed by atoms with Crippen molar-refractivity contribution in [1.82, 2.24) is 0 Å². The monoisotopic (exact) mass is 412 g/mol. The molecule has 26 heavy (non-hydrogen) atoms. The van der Waals surface area contributed by atoms with Crippen LogP contribution < -0.4 is 4.74 Å². The molecule has 0 aliphatic rings. The van der Waals surface area contributed by atoms with Gasteiger partial charge < -0.3 is 4.74 Å². The second kappa shape index (κ2) is 8.28. The summed E-state index contributed by atoms with van der Waals surface area (Å²) in [5.41, 5.74) is 1.98. The normalized spacial score (nSPS) is 11.8. The minimum Gasteiger partial charge on any atom is -0.497 e. The summed E-state index contributed by atoms with van der Waals surface area (Å²) in [6.45, 7) is 0. The van der Waals surface area contributed by atoms with Crippen molar-refractivity contribution in [2.45, 2.75) is 12.3 Å². The molecule has 0 N–H and O–H groups in total. The van der Waals surface area contributed by atoms with E-state index in [9.17, 15) is 9.18 Å². The lowest BCUT2D eigenvalue weighted by Gasteiger charge is -2.19. The van der Waals surface area contributed by atoms with Gasteiger partial charge in [0.05, 0.1) is 7.11 Å². The molecule has 2 nitrogen and oxygen atoms in total. The van der Waals surface area contributed by atoms with Gasteiger partial charge in [0.15, 0.2) is 5.78 Å². The van der Waals surface area contributed by atoms with Crippen LogP contribution in [-0.2, 0) is 0 Å². The molecule has 3 rings (SSSR count). The minimum atomic E-state index is -0.373. The highest BCUT2D eigenvalue weighted by Gasteiger charge is 2.23. The fourth-order valence-corrected chi connectivity index (χ4v) is 3.49. The van der Waals surface area contributed by atoms with E-state index in [0.717, 1.165) is 15.8 Å². The van der Waals surface area contributed by atoms with Crippen LogP contribution in [-0.4, -0.2) is 12.9 Å². The molecule has 0 heterocycles. The summed E-state index contributed by atoms with van der Waals surface area (Å²) >= 11 is 3.42. The zero-order valence-corrected chi connectivity index (χ0v) is 15.9. The zero-order valence-electron chi connectivity index (χ0n) is 14.3. The number of carbonyl (C=O) groups is 1. The second-order valence-corrected chi connectivity index (χ2v) is 6.81. The predicted octanol–water partition coefficient (Wildman–Crippen LogP) is 6.00.